The van der Waals surface area contributed by atoms with Crippen molar-refractivity contribution in [2.24, 2.45) is 0 Å². The summed E-state index contributed by atoms with van der Waals surface area (Å²) >= 11 is 0.965. The Morgan fingerprint density at radius 2 is 2.16 bits per heavy atom. The second-order valence-electron chi connectivity index (χ2n) is 4.01. The highest BCUT2D eigenvalue weighted by molar-refractivity contribution is 7.15. The second kappa shape index (κ2) is 5.66. The van der Waals surface area contributed by atoms with Crippen LogP contribution in [0.2, 0.25) is 0 Å². The first kappa shape index (κ1) is 13.3. The van der Waals surface area contributed by atoms with Crippen molar-refractivity contribution in [2.75, 3.05) is 6.54 Å². The Hall–Kier alpha value is -2.15. The number of rotatable bonds is 5. The molecule has 0 bridgehead atoms. The van der Waals surface area contributed by atoms with Gasteiger partial charge in [-0.1, -0.05) is 0 Å². The van der Waals surface area contributed by atoms with Crippen LogP contribution in [0.25, 0.3) is 0 Å². The van der Waals surface area contributed by atoms with Crippen molar-refractivity contribution in [2.45, 2.75) is 13.5 Å². The smallest absolute Gasteiger partial charge is 0.345 e. The molecule has 6 nitrogen and oxygen atoms in total. The Morgan fingerprint density at radius 1 is 1.42 bits per heavy atom. The number of thiophene rings is 1. The quantitative estimate of drug-likeness (QED) is 0.866. The van der Waals surface area contributed by atoms with E-state index in [9.17, 15) is 9.59 Å². The molecular weight excluding hydrogens is 266 g/mol. The van der Waals surface area contributed by atoms with Crippen LogP contribution in [0.15, 0.2) is 24.5 Å². The minimum atomic E-state index is -1.02. The summed E-state index contributed by atoms with van der Waals surface area (Å²) in [6.45, 7) is 2.97. The first-order chi connectivity index (χ1) is 9.06. The van der Waals surface area contributed by atoms with Gasteiger partial charge in [-0.05, 0) is 24.6 Å². The van der Waals surface area contributed by atoms with Gasteiger partial charge in [0.15, 0.2) is 0 Å². The third kappa shape index (κ3) is 3.41. The molecule has 2 rings (SSSR count). The van der Waals surface area contributed by atoms with Crippen LogP contribution in [0.3, 0.4) is 0 Å². The van der Waals surface area contributed by atoms with E-state index in [1.807, 2.05) is 13.1 Å². The van der Waals surface area contributed by atoms with E-state index in [1.165, 1.54) is 12.1 Å². The van der Waals surface area contributed by atoms with Crippen molar-refractivity contribution in [3.8, 4) is 0 Å². The zero-order valence-electron chi connectivity index (χ0n) is 10.3. The minimum absolute atomic E-state index is 0.160. The van der Waals surface area contributed by atoms with Crippen LogP contribution in [0.5, 0.6) is 0 Å². The topological polar surface area (TPSA) is 84.2 Å². The largest absolute Gasteiger partial charge is 0.477 e. The second-order valence-corrected chi connectivity index (χ2v) is 5.09. The number of aryl methyl sites for hydroxylation is 1. The Kier molecular flexibility index (Phi) is 3.96. The molecule has 0 aliphatic rings. The molecule has 7 heteroatoms. The predicted octanol–water partition coefficient (Wildman–Crippen LogP) is 1.38. The van der Waals surface area contributed by atoms with Gasteiger partial charge in [0.2, 0.25) is 0 Å². The molecule has 1 amide bonds. The number of amides is 1. The van der Waals surface area contributed by atoms with Gasteiger partial charge in [0.1, 0.15) is 4.88 Å². The summed E-state index contributed by atoms with van der Waals surface area (Å²) in [6, 6.07) is 2.94. The molecule has 0 radical (unpaired) electrons. The maximum atomic E-state index is 11.8. The summed E-state index contributed by atoms with van der Waals surface area (Å²) in [7, 11) is 0. The molecule has 0 fully saturated rings. The number of nitrogens with zero attached hydrogens (tertiary/aromatic N) is 2. The molecule has 2 aromatic rings. The molecule has 2 aromatic heterocycles. The number of carboxylic acid groups (broad SMARTS) is 1. The Bertz CT molecular complexity index is 603. The maximum Gasteiger partial charge on any atom is 0.345 e. The summed E-state index contributed by atoms with van der Waals surface area (Å²) in [5, 5.41) is 15.6. The molecule has 0 saturated carbocycles. The Morgan fingerprint density at radius 3 is 2.74 bits per heavy atom. The molecular formula is C12H13N3O3S. The summed E-state index contributed by atoms with van der Waals surface area (Å²) in [4.78, 5) is 23.0. The zero-order chi connectivity index (χ0) is 13.8. The van der Waals surface area contributed by atoms with E-state index in [0.29, 0.717) is 18.0 Å². The van der Waals surface area contributed by atoms with E-state index in [1.54, 1.807) is 10.9 Å². The monoisotopic (exact) mass is 279 g/mol. The van der Waals surface area contributed by atoms with E-state index in [-0.39, 0.29) is 10.8 Å². The fraction of sp³-hybridized carbons (Fsp3) is 0.250. The van der Waals surface area contributed by atoms with Crippen LogP contribution < -0.4 is 5.32 Å². The summed E-state index contributed by atoms with van der Waals surface area (Å²) in [5.41, 5.74) is 1.07. The number of carbonyl (C=O) groups excluding carboxylic acids is 1. The Labute approximate surface area is 113 Å². The van der Waals surface area contributed by atoms with Crippen molar-refractivity contribution < 1.29 is 14.7 Å². The highest BCUT2D eigenvalue weighted by Gasteiger charge is 2.12. The van der Waals surface area contributed by atoms with Crippen LogP contribution in [0.1, 0.15) is 24.9 Å². The number of aromatic carboxylic acids is 1. The molecule has 2 N–H and O–H groups in total. The summed E-state index contributed by atoms with van der Waals surface area (Å²) < 4.78 is 1.74. The van der Waals surface area contributed by atoms with E-state index in [0.717, 1.165) is 16.9 Å². The normalized spacial score (nSPS) is 10.4. The molecule has 19 heavy (non-hydrogen) atoms. The Balaban J connectivity index is 1.85. The van der Waals surface area contributed by atoms with Gasteiger partial charge in [-0.15, -0.1) is 11.3 Å². The highest BCUT2D eigenvalue weighted by Crippen LogP contribution is 2.15. The number of nitrogens with one attached hydrogen (secondary N) is 1. The number of aromatic nitrogens is 2. The van der Waals surface area contributed by atoms with Crippen LogP contribution in [0, 0.1) is 6.92 Å². The average Bonchev–Trinajstić information content (AvgIpc) is 2.98. The SMILES string of the molecule is Cc1cnn(CCNC(=O)c2ccc(C(=O)O)s2)c1. The van der Waals surface area contributed by atoms with Crippen molar-refractivity contribution in [3.05, 3.63) is 39.8 Å². The average molecular weight is 279 g/mol. The third-order valence-corrected chi connectivity index (χ3v) is 3.50. The summed E-state index contributed by atoms with van der Waals surface area (Å²) in [5.74, 6) is -1.28. The lowest BCUT2D eigenvalue weighted by molar-refractivity contribution is 0.0702. The molecule has 2 heterocycles. The van der Waals surface area contributed by atoms with Gasteiger partial charge in [0, 0.05) is 12.7 Å². The van der Waals surface area contributed by atoms with Crippen molar-refractivity contribution in [1.82, 2.24) is 15.1 Å². The van der Waals surface area contributed by atoms with Crippen molar-refractivity contribution in [3.63, 3.8) is 0 Å². The highest BCUT2D eigenvalue weighted by atomic mass is 32.1. The van der Waals surface area contributed by atoms with Crippen LogP contribution in [-0.2, 0) is 6.54 Å². The molecule has 0 unspecified atom stereocenters. The zero-order valence-corrected chi connectivity index (χ0v) is 11.1. The standard InChI is InChI=1S/C12H13N3O3S/c1-8-6-14-15(7-8)5-4-13-11(16)9-2-3-10(19-9)12(17)18/h2-3,6-7H,4-5H2,1H3,(H,13,16)(H,17,18). The fourth-order valence-corrected chi connectivity index (χ4v) is 2.30. The minimum Gasteiger partial charge on any atom is -0.477 e. The molecule has 0 aromatic carbocycles. The molecule has 0 aliphatic carbocycles. The summed E-state index contributed by atoms with van der Waals surface area (Å²) in [6.07, 6.45) is 3.64. The van der Waals surface area contributed by atoms with Gasteiger partial charge >= 0.3 is 5.97 Å². The molecule has 0 atom stereocenters. The fourth-order valence-electron chi connectivity index (χ4n) is 1.54. The van der Waals surface area contributed by atoms with Crippen LogP contribution in [0.4, 0.5) is 0 Å². The number of carboxylic acids is 1. The van der Waals surface area contributed by atoms with Gasteiger partial charge in [-0.3, -0.25) is 9.48 Å². The van der Waals surface area contributed by atoms with Gasteiger partial charge < -0.3 is 10.4 Å². The van der Waals surface area contributed by atoms with Crippen LogP contribution in [-0.4, -0.2) is 33.3 Å². The van der Waals surface area contributed by atoms with E-state index in [2.05, 4.69) is 10.4 Å². The van der Waals surface area contributed by atoms with Crippen LogP contribution >= 0.6 is 11.3 Å². The van der Waals surface area contributed by atoms with E-state index < -0.39 is 5.97 Å². The van der Waals surface area contributed by atoms with Gasteiger partial charge in [0.25, 0.3) is 5.91 Å². The van der Waals surface area contributed by atoms with Gasteiger partial charge in [-0.25, -0.2) is 4.79 Å². The third-order valence-electron chi connectivity index (χ3n) is 2.43. The van der Waals surface area contributed by atoms with Crippen molar-refractivity contribution in [1.29, 1.82) is 0 Å². The number of carbonyl (C=O) groups is 2. The van der Waals surface area contributed by atoms with Gasteiger partial charge in [-0.2, -0.15) is 5.10 Å². The van der Waals surface area contributed by atoms with E-state index >= 15 is 0 Å². The predicted molar refractivity (Wildman–Crippen MR) is 70.6 cm³/mol. The number of hydrogen-bond donors (Lipinski definition) is 2. The molecule has 100 valence electrons. The van der Waals surface area contributed by atoms with E-state index in [4.69, 9.17) is 5.11 Å². The lowest BCUT2D eigenvalue weighted by atomic mass is 10.4. The molecule has 0 spiro atoms. The maximum absolute atomic E-state index is 11.8. The lowest BCUT2D eigenvalue weighted by Gasteiger charge is -2.03. The molecule has 0 saturated heterocycles. The first-order valence-electron chi connectivity index (χ1n) is 5.66. The first-order valence-corrected chi connectivity index (χ1v) is 6.48. The lowest BCUT2D eigenvalue weighted by Crippen LogP contribution is -2.26. The molecule has 0 aliphatic heterocycles. The number of hydrogen-bond acceptors (Lipinski definition) is 4. The van der Waals surface area contributed by atoms with Gasteiger partial charge in [0.05, 0.1) is 17.6 Å². The van der Waals surface area contributed by atoms with Crippen molar-refractivity contribution >= 4 is 23.2 Å².